The highest BCUT2D eigenvalue weighted by atomic mass is 16.2. The van der Waals surface area contributed by atoms with Gasteiger partial charge in [-0.05, 0) is 70.1 Å². The Morgan fingerprint density at radius 3 is 2.71 bits per heavy atom. The van der Waals surface area contributed by atoms with Gasteiger partial charge in [0, 0.05) is 6.04 Å². The van der Waals surface area contributed by atoms with Crippen LogP contribution in [0.5, 0.6) is 0 Å². The van der Waals surface area contributed by atoms with Gasteiger partial charge in [0.25, 0.3) is 5.91 Å². The molecule has 1 fully saturated rings. The van der Waals surface area contributed by atoms with Crippen molar-refractivity contribution in [3.63, 3.8) is 0 Å². The predicted octanol–water partition coefficient (Wildman–Crippen LogP) is 5.25. The van der Waals surface area contributed by atoms with Crippen molar-refractivity contribution in [1.29, 1.82) is 5.26 Å². The van der Waals surface area contributed by atoms with Crippen LogP contribution in [0.1, 0.15) is 76.0 Å². The van der Waals surface area contributed by atoms with Crippen molar-refractivity contribution in [3.05, 3.63) is 70.3 Å². The van der Waals surface area contributed by atoms with E-state index in [9.17, 15) is 10.1 Å². The highest BCUT2D eigenvalue weighted by Crippen LogP contribution is 2.38. The maximum Gasteiger partial charge on any atom is 0.273 e. The van der Waals surface area contributed by atoms with Gasteiger partial charge < -0.3 is 11.2 Å². The number of carbonyl (C=O) groups excluding carboxylic acids is 1. The molecule has 1 atom stereocenters. The van der Waals surface area contributed by atoms with Gasteiger partial charge in [-0.15, -0.1) is 0 Å². The van der Waals surface area contributed by atoms with Crippen LogP contribution < -0.4 is 11.2 Å². The van der Waals surface area contributed by atoms with Crippen molar-refractivity contribution >= 4 is 17.8 Å². The Kier molecular flexibility index (Phi) is 10.5. The number of nitrogens with one attached hydrogen (secondary N) is 1. The molecule has 1 saturated carbocycles. The number of hydrazone groups is 1. The molecule has 0 aromatic heterocycles. The minimum Gasteiger partial charge on any atom is -0.348 e. The number of hydrogen-bond donors (Lipinski definition) is 2. The summed E-state index contributed by atoms with van der Waals surface area (Å²) in [4.78, 5) is 17.2. The summed E-state index contributed by atoms with van der Waals surface area (Å²) < 4.78 is 0. The molecular formula is C28H37N5O. The smallest absolute Gasteiger partial charge is 0.273 e. The van der Waals surface area contributed by atoms with Gasteiger partial charge in [-0.2, -0.15) is 10.4 Å². The van der Waals surface area contributed by atoms with Gasteiger partial charge in [0.1, 0.15) is 0 Å². The number of nitrogens with zero attached hydrogens (tertiary/aromatic N) is 3. The van der Waals surface area contributed by atoms with Gasteiger partial charge in [0.05, 0.1) is 23.9 Å². The summed E-state index contributed by atoms with van der Waals surface area (Å²) in [6.45, 7) is 10.2. The lowest BCUT2D eigenvalue weighted by Crippen LogP contribution is -2.46. The number of allylic oxidation sites excluding steroid dienone is 4. The number of nitrogens with two attached hydrogens (primary N) is 1. The number of amides is 1. The van der Waals surface area contributed by atoms with E-state index in [0.29, 0.717) is 5.56 Å². The van der Waals surface area contributed by atoms with Crippen LogP contribution in [0.3, 0.4) is 0 Å². The van der Waals surface area contributed by atoms with Crippen LogP contribution in [-0.4, -0.2) is 29.9 Å². The van der Waals surface area contributed by atoms with Crippen LogP contribution in [0.4, 0.5) is 0 Å². The maximum atomic E-state index is 12.7. The first-order valence-electron chi connectivity index (χ1n) is 11.9. The van der Waals surface area contributed by atoms with Gasteiger partial charge in [-0.1, -0.05) is 60.9 Å². The van der Waals surface area contributed by atoms with Crippen molar-refractivity contribution in [1.82, 2.24) is 5.32 Å². The van der Waals surface area contributed by atoms with E-state index in [1.54, 1.807) is 0 Å². The van der Waals surface area contributed by atoms with Gasteiger partial charge in [-0.25, -0.2) is 0 Å². The summed E-state index contributed by atoms with van der Waals surface area (Å²) in [5.74, 6) is 5.43. The quantitative estimate of drug-likeness (QED) is 0.216. The molecule has 6 heteroatoms. The Balaban J connectivity index is 1.99. The fourth-order valence-electron chi connectivity index (χ4n) is 4.03. The third kappa shape index (κ3) is 7.55. The summed E-state index contributed by atoms with van der Waals surface area (Å²) in [5.41, 5.74) is 5.35. The molecule has 180 valence electrons. The molecule has 1 aromatic rings. The Labute approximate surface area is 204 Å². The number of rotatable bonds is 10. The molecule has 0 aliphatic heterocycles. The number of aliphatic imine (C=N–C) groups is 1. The molecule has 0 bridgehead atoms. The first-order chi connectivity index (χ1) is 16.3. The number of hydrogen-bond acceptors (Lipinski definition) is 5. The molecule has 1 aliphatic carbocycles. The van der Waals surface area contributed by atoms with Gasteiger partial charge >= 0.3 is 0 Å². The van der Waals surface area contributed by atoms with E-state index in [2.05, 4.69) is 53.5 Å². The van der Waals surface area contributed by atoms with Gasteiger partial charge in [0.15, 0.2) is 5.71 Å². The van der Waals surface area contributed by atoms with Crippen molar-refractivity contribution in [3.8, 4) is 6.07 Å². The van der Waals surface area contributed by atoms with Crippen LogP contribution in [0.15, 0.2) is 63.7 Å². The van der Waals surface area contributed by atoms with Gasteiger partial charge in [0.2, 0.25) is 0 Å². The van der Waals surface area contributed by atoms with E-state index in [1.807, 2.05) is 45.1 Å². The fraction of sp³-hybridized carbons (Fsp3) is 0.429. The molecule has 0 radical (unpaired) electrons. The molecule has 1 aromatic carbocycles. The predicted molar refractivity (Wildman–Crippen MR) is 141 cm³/mol. The zero-order valence-corrected chi connectivity index (χ0v) is 21.0. The van der Waals surface area contributed by atoms with E-state index >= 15 is 0 Å². The molecule has 3 N–H and O–H groups in total. The summed E-state index contributed by atoms with van der Waals surface area (Å²) >= 11 is 0. The van der Waals surface area contributed by atoms with Crippen molar-refractivity contribution in [2.75, 3.05) is 0 Å². The Hall–Kier alpha value is -3.46. The van der Waals surface area contributed by atoms with Crippen molar-refractivity contribution in [2.45, 2.75) is 78.3 Å². The number of carbonyl (C=O) groups is 1. The summed E-state index contributed by atoms with van der Waals surface area (Å²) in [6, 6.07) is 8.03. The highest BCUT2D eigenvalue weighted by molar-refractivity contribution is 6.60. The monoisotopic (exact) mass is 459 g/mol. The lowest BCUT2D eigenvalue weighted by Gasteiger charge is -2.36. The van der Waals surface area contributed by atoms with Crippen LogP contribution >= 0.6 is 0 Å². The minimum absolute atomic E-state index is 0.0253. The SMILES string of the molecule is C\C=C/C(=C\C=C(/C)CCC)C(C)N=C/C(=N\N)C(=O)NC1CC(c2cc(C)ccc2C#N)C1. The first kappa shape index (κ1) is 26.8. The van der Waals surface area contributed by atoms with Crippen molar-refractivity contribution in [2.24, 2.45) is 15.9 Å². The topological polar surface area (TPSA) is 104 Å². The Bertz CT molecular complexity index is 1050. The summed E-state index contributed by atoms with van der Waals surface area (Å²) in [7, 11) is 0. The molecule has 6 nitrogen and oxygen atoms in total. The molecule has 0 heterocycles. The van der Waals surface area contributed by atoms with Crippen LogP contribution in [-0.2, 0) is 4.79 Å². The van der Waals surface area contributed by atoms with E-state index in [0.717, 1.165) is 42.4 Å². The van der Waals surface area contributed by atoms with Crippen molar-refractivity contribution < 1.29 is 4.79 Å². The van der Waals surface area contributed by atoms with E-state index < -0.39 is 0 Å². The second-order valence-corrected chi connectivity index (χ2v) is 8.94. The first-order valence-corrected chi connectivity index (χ1v) is 11.9. The van der Waals surface area contributed by atoms with E-state index in [1.165, 1.54) is 11.8 Å². The van der Waals surface area contributed by atoms with Crippen LogP contribution in [0.25, 0.3) is 0 Å². The third-order valence-electron chi connectivity index (χ3n) is 6.08. The molecular weight excluding hydrogens is 422 g/mol. The normalized spacial score (nSPS) is 20.3. The summed E-state index contributed by atoms with van der Waals surface area (Å²) in [6.07, 6.45) is 13.4. The fourth-order valence-corrected chi connectivity index (χ4v) is 4.03. The van der Waals surface area contributed by atoms with E-state index in [4.69, 9.17) is 5.84 Å². The zero-order valence-electron chi connectivity index (χ0n) is 21.0. The Morgan fingerprint density at radius 2 is 2.09 bits per heavy atom. The second-order valence-electron chi connectivity index (χ2n) is 8.94. The summed E-state index contributed by atoms with van der Waals surface area (Å²) in [5, 5.41) is 16.0. The maximum absolute atomic E-state index is 12.7. The Morgan fingerprint density at radius 1 is 1.35 bits per heavy atom. The lowest BCUT2D eigenvalue weighted by atomic mass is 9.74. The molecule has 2 rings (SSSR count). The minimum atomic E-state index is -0.332. The van der Waals surface area contributed by atoms with Gasteiger partial charge in [-0.3, -0.25) is 9.79 Å². The number of nitriles is 1. The highest BCUT2D eigenvalue weighted by Gasteiger charge is 2.33. The largest absolute Gasteiger partial charge is 0.348 e. The molecule has 1 aliphatic rings. The third-order valence-corrected chi connectivity index (χ3v) is 6.08. The average molecular weight is 460 g/mol. The molecule has 0 saturated heterocycles. The molecule has 1 unspecified atom stereocenters. The van der Waals surface area contributed by atoms with E-state index in [-0.39, 0.29) is 29.6 Å². The molecule has 34 heavy (non-hydrogen) atoms. The number of benzene rings is 1. The average Bonchev–Trinajstić information content (AvgIpc) is 2.79. The van der Waals surface area contributed by atoms with Crippen LogP contribution in [0, 0.1) is 18.3 Å². The standard InChI is InChI=1S/C28H37N5O/c1-6-8-19(3)10-12-22(9-7-2)21(5)31-18-27(33-30)28(34)32-25-15-24(16-25)26-14-20(4)11-13-23(26)17-29/h7,9-14,18,21,24-25H,6,8,15-16,30H2,1-5H3,(H,32,34)/b9-7-,19-10+,22-12+,31-18?,33-27+. The number of aryl methyl sites for hydroxylation is 1. The second kappa shape index (κ2) is 13.3. The zero-order chi connectivity index (χ0) is 25.1. The lowest BCUT2D eigenvalue weighted by molar-refractivity contribution is -0.115. The molecule has 0 spiro atoms. The van der Waals surface area contributed by atoms with Crippen LogP contribution in [0.2, 0.25) is 0 Å². The molecule has 1 amide bonds.